The highest BCUT2D eigenvalue weighted by atomic mass is 16.3. The minimum Gasteiger partial charge on any atom is -0.396 e. The highest BCUT2D eigenvalue weighted by Gasteiger charge is 2.00. The number of hydrogen-bond donors (Lipinski definition) is 2. The van der Waals surface area contributed by atoms with Crippen LogP contribution in [0.15, 0.2) is 18.3 Å². The molecule has 0 amide bonds. The number of hydrogen-bond acceptors (Lipinski definition) is 3. The third kappa shape index (κ3) is 2.29. The van der Waals surface area contributed by atoms with Crippen molar-refractivity contribution in [2.75, 3.05) is 13.2 Å². The van der Waals surface area contributed by atoms with Crippen LogP contribution in [0.3, 0.4) is 0 Å². The molecule has 12 heavy (non-hydrogen) atoms. The number of pyridine rings is 1. The van der Waals surface area contributed by atoms with Crippen molar-refractivity contribution in [2.24, 2.45) is 0 Å². The average molecular weight is 167 g/mol. The van der Waals surface area contributed by atoms with E-state index in [1.54, 1.807) is 6.20 Å². The first kappa shape index (κ1) is 9.16. The van der Waals surface area contributed by atoms with Gasteiger partial charge < -0.3 is 10.2 Å². The quantitative estimate of drug-likeness (QED) is 0.671. The molecule has 1 aromatic rings. The van der Waals surface area contributed by atoms with Crippen molar-refractivity contribution in [3.8, 4) is 0 Å². The summed E-state index contributed by atoms with van der Waals surface area (Å²) in [6.07, 6.45) is 2.88. The van der Waals surface area contributed by atoms with Gasteiger partial charge in [0.2, 0.25) is 0 Å². The van der Waals surface area contributed by atoms with E-state index >= 15 is 0 Å². The molecule has 1 heterocycles. The number of rotatable bonds is 4. The second kappa shape index (κ2) is 4.85. The smallest absolute Gasteiger partial charge is 0.0486 e. The fourth-order valence-corrected chi connectivity index (χ4v) is 1.15. The van der Waals surface area contributed by atoms with Gasteiger partial charge in [0.05, 0.1) is 0 Å². The Morgan fingerprint density at radius 3 is 2.58 bits per heavy atom. The summed E-state index contributed by atoms with van der Waals surface area (Å²) in [5, 5.41) is 17.4. The van der Waals surface area contributed by atoms with Crippen molar-refractivity contribution < 1.29 is 10.2 Å². The molecule has 0 radical (unpaired) electrons. The van der Waals surface area contributed by atoms with Gasteiger partial charge in [-0.25, -0.2) is 0 Å². The molecule has 0 spiro atoms. The fourth-order valence-electron chi connectivity index (χ4n) is 1.15. The fraction of sp³-hybridized carbons (Fsp3) is 0.444. The first-order valence-electron chi connectivity index (χ1n) is 4.03. The Hall–Kier alpha value is -0.930. The number of aliphatic hydroxyl groups excluding tert-OH is 2. The third-order valence-corrected chi connectivity index (χ3v) is 1.71. The van der Waals surface area contributed by atoms with Crippen LogP contribution in [0, 0.1) is 0 Å². The van der Waals surface area contributed by atoms with Gasteiger partial charge in [0.15, 0.2) is 0 Å². The topological polar surface area (TPSA) is 53.4 Å². The van der Waals surface area contributed by atoms with Gasteiger partial charge in [-0.3, -0.25) is 4.98 Å². The van der Waals surface area contributed by atoms with Gasteiger partial charge in [-0.15, -0.1) is 0 Å². The largest absolute Gasteiger partial charge is 0.396 e. The van der Waals surface area contributed by atoms with Gasteiger partial charge >= 0.3 is 0 Å². The first-order chi connectivity index (χ1) is 5.88. The molecule has 2 N–H and O–H groups in total. The van der Waals surface area contributed by atoms with Crippen LogP contribution in [0.1, 0.15) is 11.3 Å². The second-order valence-corrected chi connectivity index (χ2v) is 2.56. The third-order valence-electron chi connectivity index (χ3n) is 1.71. The first-order valence-corrected chi connectivity index (χ1v) is 4.03. The molecule has 0 saturated carbocycles. The molecular weight excluding hydrogens is 154 g/mol. The van der Waals surface area contributed by atoms with E-state index in [1.807, 2.05) is 12.1 Å². The van der Waals surface area contributed by atoms with Gasteiger partial charge in [-0.1, -0.05) is 6.07 Å². The Morgan fingerprint density at radius 2 is 1.92 bits per heavy atom. The summed E-state index contributed by atoms with van der Waals surface area (Å²) in [5.41, 5.74) is 1.91. The molecule has 0 aliphatic carbocycles. The van der Waals surface area contributed by atoms with Crippen molar-refractivity contribution in [1.82, 2.24) is 4.98 Å². The van der Waals surface area contributed by atoms with Crippen molar-refractivity contribution in [3.63, 3.8) is 0 Å². The van der Waals surface area contributed by atoms with Crippen LogP contribution >= 0.6 is 0 Å². The zero-order valence-electron chi connectivity index (χ0n) is 6.90. The summed E-state index contributed by atoms with van der Waals surface area (Å²) >= 11 is 0. The molecule has 3 heteroatoms. The Balaban J connectivity index is 2.77. The lowest BCUT2D eigenvalue weighted by molar-refractivity contribution is 0.291. The van der Waals surface area contributed by atoms with Gasteiger partial charge in [0.1, 0.15) is 0 Å². The standard InChI is InChI=1S/C9H13NO2/c11-6-3-8-2-1-5-10-9(8)4-7-12/h1-2,5,11-12H,3-4,6-7H2. The molecule has 3 nitrogen and oxygen atoms in total. The van der Waals surface area contributed by atoms with Crippen molar-refractivity contribution >= 4 is 0 Å². The molecule has 1 rings (SSSR count). The summed E-state index contributed by atoms with van der Waals surface area (Å²) in [7, 11) is 0. The molecular formula is C9H13NO2. The lowest BCUT2D eigenvalue weighted by Crippen LogP contribution is -2.02. The summed E-state index contributed by atoms with van der Waals surface area (Å²) in [6.45, 7) is 0.236. The number of aliphatic hydroxyl groups is 2. The molecule has 66 valence electrons. The van der Waals surface area contributed by atoms with Gasteiger partial charge in [-0.05, 0) is 18.1 Å². The van der Waals surface area contributed by atoms with Gasteiger partial charge in [-0.2, -0.15) is 0 Å². The van der Waals surface area contributed by atoms with Gasteiger partial charge in [0.25, 0.3) is 0 Å². The molecule has 0 aliphatic heterocycles. The predicted octanol–water partition coefficient (Wildman–Crippen LogP) is 0.151. The lowest BCUT2D eigenvalue weighted by atomic mass is 10.1. The molecule has 0 saturated heterocycles. The minimum absolute atomic E-state index is 0.107. The Bertz CT molecular complexity index is 213. The Morgan fingerprint density at radius 1 is 1.17 bits per heavy atom. The van der Waals surface area contributed by atoms with E-state index in [0.717, 1.165) is 11.3 Å². The van der Waals surface area contributed by atoms with E-state index in [0.29, 0.717) is 12.8 Å². The van der Waals surface area contributed by atoms with Crippen LogP contribution in [0.4, 0.5) is 0 Å². The molecule has 0 bridgehead atoms. The summed E-state index contributed by atoms with van der Waals surface area (Å²) in [4.78, 5) is 4.12. The van der Waals surface area contributed by atoms with Crippen LogP contribution in [-0.4, -0.2) is 28.4 Å². The SMILES string of the molecule is OCCc1cccnc1CCO. The lowest BCUT2D eigenvalue weighted by Gasteiger charge is -2.04. The van der Waals surface area contributed by atoms with E-state index in [-0.39, 0.29) is 13.2 Å². The molecule has 0 unspecified atom stereocenters. The van der Waals surface area contributed by atoms with Crippen LogP contribution in [-0.2, 0) is 12.8 Å². The van der Waals surface area contributed by atoms with E-state index < -0.39 is 0 Å². The summed E-state index contributed by atoms with van der Waals surface area (Å²) in [6, 6.07) is 3.76. The minimum atomic E-state index is 0.107. The van der Waals surface area contributed by atoms with Crippen molar-refractivity contribution in [2.45, 2.75) is 12.8 Å². The Kier molecular flexibility index (Phi) is 3.70. The number of nitrogens with zero attached hydrogens (tertiary/aromatic N) is 1. The van der Waals surface area contributed by atoms with E-state index in [1.165, 1.54) is 0 Å². The summed E-state index contributed by atoms with van der Waals surface area (Å²) in [5.74, 6) is 0. The molecule has 1 aromatic heterocycles. The summed E-state index contributed by atoms with van der Waals surface area (Å²) < 4.78 is 0. The van der Waals surface area contributed by atoms with E-state index in [2.05, 4.69) is 4.98 Å². The molecule has 0 fully saturated rings. The van der Waals surface area contributed by atoms with E-state index in [9.17, 15) is 0 Å². The number of aromatic nitrogens is 1. The predicted molar refractivity (Wildman–Crippen MR) is 45.8 cm³/mol. The molecule has 0 atom stereocenters. The van der Waals surface area contributed by atoms with Crippen LogP contribution in [0.2, 0.25) is 0 Å². The highest BCUT2D eigenvalue weighted by molar-refractivity contribution is 5.20. The van der Waals surface area contributed by atoms with Crippen LogP contribution in [0.5, 0.6) is 0 Å². The molecule has 0 aliphatic rings. The van der Waals surface area contributed by atoms with E-state index in [4.69, 9.17) is 10.2 Å². The Labute approximate surface area is 71.7 Å². The monoisotopic (exact) mass is 167 g/mol. The van der Waals surface area contributed by atoms with Gasteiger partial charge in [0, 0.05) is 31.5 Å². The zero-order valence-corrected chi connectivity index (χ0v) is 6.90. The van der Waals surface area contributed by atoms with Crippen LogP contribution in [0.25, 0.3) is 0 Å². The maximum atomic E-state index is 8.72. The van der Waals surface area contributed by atoms with Crippen molar-refractivity contribution in [1.29, 1.82) is 0 Å². The second-order valence-electron chi connectivity index (χ2n) is 2.56. The highest BCUT2D eigenvalue weighted by Crippen LogP contribution is 2.06. The molecule has 0 aromatic carbocycles. The van der Waals surface area contributed by atoms with Crippen molar-refractivity contribution in [3.05, 3.63) is 29.6 Å². The zero-order chi connectivity index (χ0) is 8.81. The maximum absolute atomic E-state index is 8.72. The van der Waals surface area contributed by atoms with Crippen LogP contribution < -0.4 is 0 Å². The average Bonchev–Trinajstić information content (AvgIpc) is 2.09. The normalized spacial score (nSPS) is 10.2. The maximum Gasteiger partial charge on any atom is 0.0486 e.